The third-order valence-corrected chi connectivity index (χ3v) is 3.67. The van der Waals surface area contributed by atoms with Crippen molar-refractivity contribution in [3.63, 3.8) is 0 Å². The molecule has 0 heterocycles. The van der Waals surface area contributed by atoms with Crippen molar-refractivity contribution in [2.45, 2.75) is 26.4 Å². The van der Waals surface area contributed by atoms with Gasteiger partial charge in [0.15, 0.2) is 0 Å². The van der Waals surface area contributed by atoms with Gasteiger partial charge in [-0.25, -0.2) is 0 Å². The summed E-state index contributed by atoms with van der Waals surface area (Å²) < 4.78 is 5.60. The lowest BCUT2D eigenvalue weighted by Gasteiger charge is -2.12. The van der Waals surface area contributed by atoms with Crippen molar-refractivity contribution >= 4 is 22.4 Å². The van der Waals surface area contributed by atoms with Gasteiger partial charge >= 0.3 is 0 Å². The molecule has 0 unspecified atom stereocenters. The SMILES string of the molecule is CCc1cc(COCCCO)c2ccccc2c1Cl. The molecule has 0 aliphatic carbocycles. The van der Waals surface area contributed by atoms with E-state index in [2.05, 4.69) is 19.1 Å². The number of aryl methyl sites for hydroxylation is 1. The highest BCUT2D eigenvalue weighted by Gasteiger charge is 2.09. The highest BCUT2D eigenvalue weighted by Crippen LogP contribution is 2.31. The van der Waals surface area contributed by atoms with Crippen molar-refractivity contribution in [3.8, 4) is 0 Å². The van der Waals surface area contributed by atoms with Crippen molar-refractivity contribution in [1.29, 1.82) is 0 Å². The number of hydrogen-bond acceptors (Lipinski definition) is 2. The van der Waals surface area contributed by atoms with Crippen molar-refractivity contribution in [1.82, 2.24) is 0 Å². The van der Waals surface area contributed by atoms with E-state index in [9.17, 15) is 0 Å². The molecule has 0 aromatic heterocycles. The molecular weight excluding hydrogens is 260 g/mol. The van der Waals surface area contributed by atoms with E-state index in [4.69, 9.17) is 21.4 Å². The summed E-state index contributed by atoms with van der Waals surface area (Å²) in [5.74, 6) is 0. The number of aliphatic hydroxyl groups is 1. The van der Waals surface area contributed by atoms with Crippen LogP contribution in [0.15, 0.2) is 30.3 Å². The Kier molecular flexibility index (Phi) is 5.20. The molecule has 102 valence electrons. The number of halogens is 1. The van der Waals surface area contributed by atoms with E-state index >= 15 is 0 Å². The molecule has 0 saturated heterocycles. The predicted molar refractivity (Wildman–Crippen MR) is 79.7 cm³/mol. The van der Waals surface area contributed by atoms with Crippen molar-refractivity contribution in [2.75, 3.05) is 13.2 Å². The normalized spacial score (nSPS) is 11.1. The molecule has 0 spiro atoms. The molecule has 0 radical (unpaired) electrons. The van der Waals surface area contributed by atoms with Crippen LogP contribution in [0, 0.1) is 0 Å². The summed E-state index contributed by atoms with van der Waals surface area (Å²) in [4.78, 5) is 0. The van der Waals surface area contributed by atoms with Gasteiger partial charge < -0.3 is 9.84 Å². The van der Waals surface area contributed by atoms with Crippen LogP contribution in [0.2, 0.25) is 5.02 Å². The van der Waals surface area contributed by atoms with Gasteiger partial charge in [-0.05, 0) is 29.4 Å². The Morgan fingerprint density at radius 1 is 1.16 bits per heavy atom. The minimum absolute atomic E-state index is 0.168. The average Bonchev–Trinajstić information content (AvgIpc) is 2.46. The van der Waals surface area contributed by atoms with Crippen molar-refractivity contribution in [3.05, 3.63) is 46.5 Å². The van der Waals surface area contributed by atoms with Gasteiger partial charge in [-0.3, -0.25) is 0 Å². The molecule has 0 amide bonds. The Balaban J connectivity index is 2.33. The van der Waals surface area contributed by atoms with Gasteiger partial charge in [-0.15, -0.1) is 0 Å². The zero-order valence-corrected chi connectivity index (χ0v) is 11.9. The Hall–Kier alpha value is -1.09. The van der Waals surface area contributed by atoms with Crippen LogP contribution in [0.1, 0.15) is 24.5 Å². The number of fused-ring (bicyclic) bond motifs is 1. The number of hydrogen-bond donors (Lipinski definition) is 1. The van der Waals surface area contributed by atoms with Crippen LogP contribution in [0.5, 0.6) is 0 Å². The Morgan fingerprint density at radius 3 is 2.58 bits per heavy atom. The van der Waals surface area contributed by atoms with Crippen LogP contribution < -0.4 is 0 Å². The van der Waals surface area contributed by atoms with Crippen LogP contribution >= 0.6 is 11.6 Å². The summed E-state index contributed by atoms with van der Waals surface area (Å²) >= 11 is 6.42. The summed E-state index contributed by atoms with van der Waals surface area (Å²) in [7, 11) is 0. The van der Waals surface area contributed by atoms with Crippen LogP contribution in [0.4, 0.5) is 0 Å². The minimum Gasteiger partial charge on any atom is -0.396 e. The maximum absolute atomic E-state index is 8.76. The summed E-state index contributed by atoms with van der Waals surface area (Å²) in [5, 5.41) is 11.8. The molecule has 0 saturated carbocycles. The smallest absolute Gasteiger partial charge is 0.0722 e. The maximum Gasteiger partial charge on any atom is 0.0722 e. The zero-order chi connectivity index (χ0) is 13.7. The molecule has 3 heteroatoms. The van der Waals surface area contributed by atoms with Gasteiger partial charge in [0.25, 0.3) is 0 Å². The lowest BCUT2D eigenvalue weighted by Crippen LogP contribution is -2.00. The molecule has 2 rings (SSSR count). The van der Waals surface area contributed by atoms with Crippen LogP contribution in [-0.2, 0) is 17.8 Å². The molecule has 2 nitrogen and oxygen atoms in total. The first-order chi connectivity index (χ1) is 9.27. The number of aliphatic hydroxyl groups excluding tert-OH is 1. The van der Waals surface area contributed by atoms with Gasteiger partial charge in [0.1, 0.15) is 0 Å². The van der Waals surface area contributed by atoms with Gasteiger partial charge in [-0.1, -0.05) is 48.9 Å². The van der Waals surface area contributed by atoms with Crippen molar-refractivity contribution < 1.29 is 9.84 Å². The molecule has 1 N–H and O–H groups in total. The fraction of sp³-hybridized carbons (Fsp3) is 0.375. The van der Waals surface area contributed by atoms with E-state index in [1.807, 2.05) is 18.2 Å². The molecule has 19 heavy (non-hydrogen) atoms. The van der Waals surface area contributed by atoms with E-state index < -0.39 is 0 Å². The molecule has 2 aromatic carbocycles. The lowest BCUT2D eigenvalue weighted by molar-refractivity contribution is 0.105. The number of benzene rings is 2. The third kappa shape index (κ3) is 3.27. The van der Waals surface area contributed by atoms with Crippen LogP contribution in [-0.4, -0.2) is 18.3 Å². The topological polar surface area (TPSA) is 29.5 Å². The van der Waals surface area contributed by atoms with Gasteiger partial charge in [0.2, 0.25) is 0 Å². The van der Waals surface area contributed by atoms with E-state index in [-0.39, 0.29) is 6.61 Å². The van der Waals surface area contributed by atoms with Gasteiger partial charge in [-0.2, -0.15) is 0 Å². The predicted octanol–water partition coefficient (Wildman–Crippen LogP) is 3.95. The summed E-state index contributed by atoms with van der Waals surface area (Å²) in [6, 6.07) is 10.3. The summed E-state index contributed by atoms with van der Waals surface area (Å²) in [6.45, 7) is 3.41. The number of ether oxygens (including phenoxy) is 1. The Morgan fingerprint density at radius 2 is 1.89 bits per heavy atom. The molecule has 0 aliphatic rings. The fourth-order valence-electron chi connectivity index (χ4n) is 2.20. The summed E-state index contributed by atoms with van der Waals surface area (Å²) in [5.41, 5.74) is 2.32. The van der Waals surface area contributed by atoms with E-state index in [1.54, 1.807) is 0 Å². The van der Waals surface area contributed by atoms with E-state index in [0.29, 0.717) is 19.6 Å². The molecule has 0 bridgehead atoms. The molecule has 0 fully saturated rings. The monoisotopic (exact) mass is 278 g/mol. The second-order valence-corrected chi connectivity index (χ2v) is 4.92. The van der Waals surface area contributed by atoms with E-state index in [1.165, 1.54) is 0 Å². The Labute approximate surface area is 119 Å². The highest BCUT2D eigenvalue weighted by molar-refractivity contribution is 6.36. The third-order valence-electron chi connectivity index (χ3n) is 3.23. The molecular formula is C16H19ClO2. The fourth-order valence-corrected chi connectivity index (χ4v) is 2.56. The second-order valence-electron chi connectivity index (χ2n) is 4.54. The van der Waals surface area contributed by atoms with Gasteiger partial charge in [0, 0.05) is 18.6 Å². The molecule has 0 atom stereocenters. The minimum atomic E-state index is 0.168. The zero-order valence-electron chi connectivity index (χ0n) is 11.2. The first kappa shape index (κ1) is 14.3. The quantitative estimate of drug-likeness (QED) is 0.811. The highest BCUT2D eigenvalue weighted by atomic mass is 35.5. The summed E-state index contributed by atoms with van der Waals surface area (Å²) in [6.07, 6.45) is 1.58. The van der Waals surface area contributed by atoms with Gasteiger partial charge in [0.05, 0.1) is 11.6 Å². The number of rotatable bonds is 6. The Bertz CT molecular complexity index is 552. The lowest BCUT2D eigenvalue weighted by atomic mass is 10.00. The van der Waals surface area contributed by atoms with Crippen molar-refractivity contribution in [2.24, 2.45) is 0 Å². The molecule has 2 aromatic rings. The van der Waals surface area contributed by atoms with Crippen LogP contribution in [0.25, 0.3) is 10.8 Å². The van der Waals surface area contributed by atoms with Crippen LogP contribution in [0.3, 0.4) is 0 Å². The maximum atomic E-state index is 8.76. The average molecular weight is 279 g/mol. The first-order valence-corrected chi connectivity index (χ1v) is 7.03. The largest absolute Gasteiger partial charge is 0.396 e. The molecule has 0 aliphatic heterocycles. The first-order valence-electron chi connectivity index (χ1n) is 6.65. The second kappa shape index (κ2) is 6.90. The van der Waals surface area contributed by atoms with E-state index in [0.717, 1.165) is 33.3 Å². The standard InChI is InChI=1S/C16H19ClO2/c1-2-12-10-13(11-19-9-5-8-18)14-6-3-4-7-15(14)16(12)17/h3-4,6-7,10,18H,2,5,8-9,11H2,1H3.